The molecule has 0 fully saturated rings. The maximum Gasteiger partial charge on any atom is 0.164 e. The van der Waals surface area contributed by atoms with Gasteiger partial charge in [-0.2, -0.15) is 0 Å². The molecule has 14 aromatic carbocycles. The van der Waals surface area contributed by atoms with Crippen LogP contribution < -0.4 is 0 Å². The highest BCUT2D eigenvalue weighted by molar-refractivity contribution is 6.19. The van der Waals surface area contributed by atoms with E-state index in [1.807, 2.05) is 60.8 Å². The third kappa shape index (κ3) is 12.9. The second-order valence-corrected chi connectivity index (χ2v) is 28.2. The Balaban J connectivity index is 0.590. The average molecular weight is 1430 g/mol. The van der Waals surface area contributed by atoms with Crippen molar-refractivity contribution >= 4 is 43.4 Å². The van der Waals surface area contributed by atoms with Crippen LogP contribution in [0.4, 0.5) is 0 Å². The third-order valence-corrected chi connectivity index (χ3v) is 21.2. The van der Waals surface area contributed by atoms with Gasteiger partial charge in [0.1, 0.15) is 0 Å². The maximum absolute atomic E-state index is 5.43. The summed E-state index contributed by atoms with van der Waals surface area (Å²) in [7, 11) is 0. The normalized spacial score (nSPS) is 11.4. The number of pyridine rings is 5. The molecule has 0 saturated heterocycles. The molecule has 0 saturated carbocycles. The molecule has 8 nitrogen and oxygen atoms in total. The summed E-state index contributed by atoms with van der Waals surface area (Å²) in [5.74, 6) is 1.70. The number of hydrogen-bond donors (Lipinski definition) is 0. The minimum atomic E-state index is 0.556. The molecule has 20 aromatic rings. The van der Waals surface area contributed by atoms with Crippen molar-refractivity contribution in [1.29, 1.82) is 0 Å². The second-order valence-electron chi connectivity index (χ2n) is 28.2. The van der Waals surface area contributed by atoms with E-state index in [9.17, 15) is 0 Å². The van der Waals surface area contributed by atoms with Crippen LogP contribution >= 0.6 is 0 Å². The molecule has 0 bridgehead atoms. The van der Waals surface area contributed by atoms with Crippen molar-refractivity contribution in [3.63, 3.8) is 0 Å². The monoisotopic (exact) mass is 1430 g/mol. The van der Waals surface area contributed by atoms with Gasteiger partial charge >= 0.3 is 0 Å². The molecule has 0 aliphatic rings. The van der Waals surface area contributed by atoms with Crippen LogP contribution in [0.2, 0.25) is 0 Å². The summed E-state index contributed by atoms with van der Waals surface area (Å²) in [6, 6.07) is 137. The fourth-order valence-corrected chi connectivity index (χ4v) is 15.6. The van der Waals surface area contributed by atoms with Crippen LogP contribution in [-0.2, 0) is 0 Å². The largest absolute Gasteiger partial charge is 0.255 e. The Hall–Kier alpha value is -15.1. The SMILES string of the molecule is c1ccc(-c2nc(-c3cccc(-c4ccc(-c5cc(-c6ccc(-c7cccc(-c8ccc9c(c8)nc(-c8ccccc8)c8cccc(-c%10ccccc%10)c89)c7)cc6)cc(-c6ccccn6)n5)nc4)c3)nc(-c3cccc(-c4cccc(-c5ccc6nc(-c7ccccc7)c7cccc(-c8ccccc8)c7c6c5)c4)c3)n2)cc1. The number of rotatable bonds is 15. The van der Waals surface area contributed by atoms with E-state index in [4.69, 9.17) is 39.9 Å². The number of fused-ring (bicyclic) bond motifs is 6. The Morgan fingerprint density at radius 2 is 0.536 bits per heavy atom. The van der Waals surface area contributed by atoms with Gasteiger partial charge in [0.05, 0.1) is 45.2 Å². The van der Waals surface area contributed by atoms with Crippen molar-refractivity contribution in [2.24, 2.45) is 0 Å². The molecule has 0 N–H and O–H groups in total. The Bertz CT molecular complexity index is 6940. The summed E-state index contributed by atoms with van der Waals surface area (Å²) in [6.45, 7) is 0. The third-order valence-electron chi connectivity index (χ3n) is 21.2. The van der Waals surface area contributed by atoms with Crippen molar-refractivity contribution in [3.05, 3.63) is 401 Å². The molecular weight excluding hydrogens is 1360 g/mol. The molecule has 6 heterocycles. The zero-order chi connectivity index (χ0) is 74.3. The highest BCUT2D eigenvalue weighted by atomic mass is 15.0. The van der Waals surface area contributed by atoms with Crippen molar-refractivity contribution < 1.29 is 0 Å². The van der Waals surface area contributed by atoms with E-state index in [2.05, 4.69) is 334 Å². The molecule has 8 heteroatoms. The van der Waals surface area contributed by atoms with Gasteiger partial charge in [-0.25, -0.2) is 29.9 Å². The Morgan fingerprint density at radius 1 is 0.161 bits per heavy atom. The van der Waals surface area contributed by atoms with Crippen LogP contribution in [-0.4, -0.2) is 39.9 Å². The molecule has 0 amide bonds. The summed E-state index contributed by atoms with van der Waals surface area (Å²) in [5.41, 5.74) is 29.0. The maximum atomic E-state index is 5.43. The van der Waals surface area contributed by atoms with Crippen LogP contribution in [0.5, 0.6) is 0 Å². The molecule has 20 rings (SSSR count). The molecule has 0 atom stereocenters. The molecule has 6 aromatic heterocycles. The molecular formula is C104H66N8. The molecule has 0 aliphatic heterocycles. The lowest BCUT2D eigenvalue weighted by Gasteiger charge is -2.15. The number of aromatic nitrogens is 8. The first-order chi connectivity index (χ1) is 55.5. The number of benzene rings is 14. The van der Waals surface area contributed by atoms with Gasteiger partial charge in [-0.15, -0.1) is 0 Å². The summed E-state index contributed by atoms with van der Waals surface area (Å²) in [5, 5.41) is 6.85. The smallest absolute Gasteiger partial charge is 0.164 e. The summed E-state index contributed by atoms with van der Waals surface area (Å²) in [4.78, 5) is 41.5. The number of nitrogens with zero attached hydrogens (tertiary/aromatic N) is 8. The minimum absolute atomic E-state index is 0.556. The van der Waals surface area contributed by atoms with Crippen LogP contribution in [0, 0.1) is 0 Å². The highest BCUT2D eigenvalue weighted by Gasteiger charge is 2.21. The van der Waals surface area contributed by atoms with Gasteiger partial charge in [-0.3, -0.25) is 9.97 Å². The first-order valence-corrected chi connectivity index (χ1v) is 37.7. The second kappa shape index (κ2) is 28.9. The minimum Gasteiger partial charge on any atom is -0.255 e. The highest BCUT2D eigenvalue weighted by Crippen LogP contribution is 2.44. The van der Waals surface area contributed by atoms with Crippen molar-refractivity contribution in [3.8, 4) is 168 Å². The zero-order valence-electron chi connectivity index (χ0n) is 60.7. The Labute approximate surface area is 648 Å². The van der Waals surface area contributed by atoms with Gasteiger partial charge in [0, 0.05) is 78.1 Å². The van der Waals surface area contributed by atoms with Gasteiger partial charge in [0.2, 0.25) is 0 Å². The molecule has 0 aliphatic carbocycles. The quantitative estimate of drug-likeness (QED) is 0.0935. The van der Waals surface area contributed by atoms with E-state index in [0.29, 0.717) is 17.5 Å². The van der Waals surface area contributed by atoms with E-state index in [1.54, 1.807) is 6.20 Å². The predicted molar refractivity (Wildman–Crippen MR) is 460 cm³/mol. The zero-order valence-corrected chi connectivity index (χ0v) is 60.7. The van der Waals surface area contributed by atoms with Crippen molar-refractivity contribution in [1.82, 2.24) is 39.9 Å². The lowest BCUT2D eigenvalue weighted by Crippen LogP contribution is -2.00. The molecule has 0 radical (unpaired) electrons. The molecule has 0 unspecified atom stereocenters. The predicted octanol–water partition coefficient (Wildman–Crippen LogP) is 26.5. The van der Waals surface area contributed by atoms with Crippen molar-refractivity contribution in [2.75, 3.05) is 0 Å². The topological polar surface area (TPSA) is 103 Å². The molecule has 0 spiro atoms. The summed E-state index contributed by atoms with van der Waals surface area (Å²) in [6.07, 6.45) is 3.73. The fraction of sp³-hybridized carbons (Fsp3) is 0. The first kappa shape index (κ1) is 66.3. The van der Waals surface area contributed by atoms with Crippen LogP contribution in [0.15, 0.2) is 401 Å². The van der Waals surface area contributed by atoms with Gasteiger partial charge in [0.15, 0.2) is 17.5 Å². The van der Waals surface area contributed by atoms with Crippen LogP contribution in [0.3, 0.4) is 0 Å². The van der Waals surface area contributed by atoms with E-state index >= 15 is 0 Å². The summed E-state index contributed by atoms with van der Waals surface area (Å²) < 4.78 is 0. The van der Waals surface area contributed by atoms with Gasteiger partial charge in [-0.05, 0) is 156 Å². The summed E-state index contributed by atoms with van der Waals surface area (Å²) >= 11 is 0. The molecule has 112 heavy (non-hydrogen) atoms. The van der Waals surface area contributed by atoms with E-state index in [-0.39, 0.29) is 0 Å². The average Bonchev–Trinajstić information content (AvgIpc) is 0.741. The lowest BCUT2D eigenvalue weighted by molar-refractivity contribution is 1.07. The fourth-order valence-electron chi connectivity index (χ4n) is 15.6. The number of hydrogen-bond acceptors (Lipinski definition) is 8. The van der Waals surface area contributed by atoms with Gasteiger partial charge < -0.3 is 0 Å². The van der Waals surface area contributed by atoms with E-state index < -0.39 is 0 Å². The van der Waals surface area contributed by atoms with Gasteiger partial charge in [-0.1, -0.05) is 315 Å². The van der Waals surface area contributed by atoms with E-state index in [0.717, 1.165) is 167 Å². The standard InChI is InChI=1S/C104H66N8/c1-6-24-69(25-7-1)86-42-22-44-89-98(86)88-54-51-81(63-95(88)109-101(89)72-30-12-4-13-31-72)77-37-18-34-74(58-77)67-47-49-68(50-48-67)85-64-96(93-46-16-17-57-105-93)107-97(65-85)94-56-53-84(66-106-94)79-39-21-41-83(61-79)104-111-102(73-32-14-5-15-33-73)110-103(112-104)82-40-20-38-78(60-82)75-35-19-36-76(59-75)80-52-55-92-91(62-80)99-87(70-26-8-2-9-27-70)43-23-45-90(99)100(108-92)71-28-10-3-11-29-71/h1-66H. The van der Waals surface area contributed by atoms with E-state index in [1.165, 1.54) is 27.5 Å². The molecule has 522 valence electrons. The Morgan fingerprint density at radius 3 is 1.04 bits per heavy atom. The first-order valence-electron chi connectivity index (χ1n) is 37.7. The van der Waals surface area contributed by atoms with Crippen molar-refractivity contribution in [2.45, 2.75) is 0 Å². The van der Waals surface area contributed by atoms with Crippen LogP contribution in [0.25, 0.3) is 212 Å². The Kier molecular flexibility index (Phi) is 17.1. The van der Waals surface area contributed by atoms with Crippen LogP contribution in [0.1, 0.15) is 0 Å². The lowest BCUT2D eigenvalue weighted by atomic mass is 9.91. The van der Waals surface area contributed by atoms with Gasteiger partial charge in [0.25, 0.3) is 0 Å².